The lowest BCUT2D eigenvalue weighted by atomic mass is 10.0. The molecular weight excluding hydrogens is 863 g/mol. The van der Waals surface area contributed by atoms with Crippen molar-refractivity contribution >= 4 is 11.9 Å². The van der Waals surface area contributed by atoms with Gasteiger partial charge in [-0.25, -0.2) is 0 Å². The SMILES string of the molecule is CCCCCCCCCCCCCCCCCCCCC/C=C/C(O)C(CO)NC(=O)CCCCCCCCCCCCCCCCCCCOC(=O)CCCCCCCCCCCCCCCCC. The van der Waals surface area contributed by atoms with Crippen LogP contribution in [0.3, 0.4) is 0 Å². The molecule has 70 heavy (non-hydrogen) atoms. The average molecular weight is 989 g/mol. The monoisotopic (exact) mass is 988 g/mol. The third-order valence-corrected chi connectivity index (χ3v) is 15.1. The topological polar surface area (TPSA) is 95.9 Å². The highest BCUT2D eigenvalue weighted by Crippen LogP contribution is 2.18. The van der Waals surface area contributed by atoms with E-state index in [0.29, 0.717) is 19.4 Å². The first kappa shape index (κ1) is 68.6. The van der Waals surface area contributed by atoms with Crippen molar-refractivity contribution in [1.29, 1.82) is 0 Å². The number of carbonyl (C=O) groups is 2. The molecule has 2 unspecified atom stereocenters. The van der Waals surface area contributed by atoms with Crippen molar-refractivity contribution in [3.05, 3.63) is 12.2 Å². The molecule has 6 nitrogen and oxygen atoms in total. The van der Waals surface area contributed by atoms with Crippen molar-refractivity contribution < 1.29 is 24.5 Å². The molecule has 0 bridgehead atoms. The molecule has 0 aliphatic carbocycles. The molecule has 3 N–H and O–H groups in total. The van der Waals surface area contributed by atoms with E-state index in [0.717, 1.165) is 38.5 Å². The lowest BCUT2D eigenvalue weighted by molar-refractivity contribution is -0.143. The van der Waals surface area contributed by atoms with Crippen LogP contribution < -0.4 is 5.32 Å². The zero-order valence-electron chi connectivity index (χ0n) is 47.5. The Kier molecular flexibility index (Phi) is 59.0. The Bertz CT molecular complexity index is 1050. The van der Waals surface area contributed by atoms with Crippen LogP contribution in [0.15, 0.2) is 12.2 Å². The van der Waals surface area contributed by atoms with E-state index in [1.807, 2.05) is 6.08 Å². The van der Waals surface area contributed by atoms with Gasteiger partial charge in [-0.3, -0.25) is 9.59 Å². The summed E-state index contributed by atoms with van der Waals surface area (Å²) in [5.41, 5.74) is 0. The van der Waals surface area contributed by atoms with Gasteiger partial charge in [-0.1, -0.05) is 328 Å². The largest absolute Gasteiger partial charge is 0.466 e. The molecule has 0 radical (unpaired) electrons. The zero-order chi connectivity index (χ0) is 50.7. The number of aliphatic hydroxyl groups excluding tert-OH is 2. The van der Waals surface area contributed by atoms with Crippen molar-refractivity contribution in [1.82, 2.24) is 5.32 Å². The van der Waals surface area contributed by atoms with E-state index in [4.69, 9.17) is 4.74 Å². The van der Waals surface area contributed by atoms with Gasteiger partial charge in [0.05, 0.1) is 25.4 Å². The molecular formula is C64H125NO5. The smallest absolute Gasteiger partial charge is 0.305 e. The molecule has 0 rings (SSSR count). The molecule has 6 heteroatoms. The number of carbonyl (C=O) groups excluding carboxylic acids is 2. The van der Waals surface area contributed by atoms with E-state index in [-0.39, 0.29) is 18.5 Å². The molecule has 0 heterocycles. The number of hydrogen-bond acceptors (Lipinski definition) is 5. The minimum atomic E-state index is -0.848. The summed E-state index contributed by atoms with van der Waals surface area (Å²) in [7, 11) is 0. The number of hydrogen-bond donors (Lipinski definition) is 3. The second-order valence-corrected chi connectivity index (χ2v) is 22.1. The van der Waals surface area contributed by atoms with Gasteiger partial charge in [0.2, 0.25) is 5.91 Å². The van der Waals surface area contributed by atoms with Crippen LogP contribution >= 0.6 is 0 Å². The highest BCUT2D eigenvalue weighted by Gasteiger charge is 2.18. The van der Waals surface area contributed by atoms with E-state index in [2.05, 4.69) is 19.2 Å². The number of nitrogens with one attached hydrogen (secondary N) is 1. The number of rotatable bonds is 60. The van der Waals surface area contributed by atoms with Crippen LogP contribution in [0.1, 0.15) is 361 Å². The molecule has 0 aromatic carbocycles. The van der Waals surface area contributed by atoms with Crippen LogP contribution in [-0.4, -0.2) is 47.4 Å². The summed E-state index contributed by atoms with van der Waals surface area (Å²) in [6, 6.07) is -0.632. The Hall–Kier alpha value is -1.40. The van der Waals surface area contributed by atoms with Crippen LogP contribution in [-0.2, 0) is 14.3 Å². The van der Waals surface area contributed by atoms with E-state index in [1.165, 1.54) is 295 Å². The number of amides is 1. The number of aliphatic hydroxyl groups is 2. The molecule has 0 fully saturated rings. The van der Waals surface area contributed by atoms with Gasteiger partial charge in [0.1, 0.15) is 0 Å². The molecule has 416 valence electrons. The Morgan fingerprint density at radius 2 is 0.657 bits per heavy atom. The van der Waals surface area contributed by atoms with Gasteiger partial charge in [0.25, 0.3) is 0 Å². The van der Waals surface area contributed by atoms with Gasteiger partial charge in [-0.05, 0) is 32.1 Å². The van der Waals surface area contributed by atoms with Crippen molar-refractivity contribution in [2.75, 3.05) is 13.2 Å². The number of ether oxygens (including phenoxy) is 1. The molecule has 0 spiro atoms. The van der Waals surface area contributed by atoms with Crippen LogP contribution in [0.2, 0.25) is 0 Å². The molecule has 0 aromatic rings. The lowest BCUT2D eigenvalue weighted by Crippen LogP contribution is -2.45. The van der Waals surface area contributed by atoms with Gasteiger partial charge in [-0.15, -0.1) is 0 Å². The summed E-state index contributed by atoms with van der Waals surface area (Å²) in [4.78, 5) is 24.6. The number of esters is 1. The van der Waals surface area contributed by atoms with Crippen molar-refractivity contribution in [2.45, 2.75) is 373 Å². The standard InChI is InChI=1S/C64H125NO5/c1-3-5-7-9-11-13-15-17-19-20-21-22-23-25-29-32-36-40-44-48-52-56-62(67)61(60-66)65-63(68)57-53-49-45-41-37-33-30-26-24-27-31-35-39-43-47-51-55-59-70-64(69)58-54-50-46-42-38-34-28-18-16-14-12-10-8-6-4-2/h52,56,61-62,66-67H,3-51,53-55,57-60H2,1-2H3,(H,65,68)/b56-52+. The summed E-state index contributed by atoms with van der Waals surface area (Å²) >= 11 is 0. The fraction of sp³-hybridized carbons (Fsp3) is 0.938. The van der Waals surface area contributed by atoms with Crippen LogP contribution in [0.5, 0.6) is 0 Å². The quantitative estimate of drug-likeness (QED) is 0.0321. The third-order valence-electron chi connectivity index (χ3n) is 15.1. The Morgan fingerprint density at radius 3 is 0.971 bits per heavy atom. The average Bonchev–Trinajstić information content (AvgIpc) is 3.36. The first-order chi connectivity index (χ1) is 34.5. The maximum absolute atomic E-state index is 12.5. The van der Waals surface area contributed by atoms with Gasteiger partial charge in [-0.2, -0.15) is 0 Å². The highest BCUT2D eigenvalue weighted by molar-refractivity contribution is 5.76. The van der Waals surface area contributed by atoms with E-state index < -0.39 is 12.1 Å². The van der Waals surface area contributed by atoms with Gasteiger partial charge < -0.3 is 20.3 Å². The summed E-state index contributed by atoms with van der Waals surface area (Å²) < 4.78 is 5.49. The zero-order valence-corrected chi connectivity index (χ0v) is 47.5. The second kappa shape index (κ2) is 60.2. The molecule has 0 saturated heterocycles. The molecule has 1 amide bonds. The summed E-state index contributed by atoms with van der Waals surface area (Å²) in [5.74, 6) is -0.0608. The summed E-state index contributed by atoms with van der Waals surface area (Å²) in [6.07, 6.45) is 72.5. The fourth-order valence-corrected chi connectivity index (χ4v) is 10.2. The molecule has 0 aliphatic heterocycles. The molecule has 0 aliphatic rings. The van der Waals surface area contributed by atoms with Gasteiger partial charge in [0.15, 0.2) is 0 Å². The highest BCUT2D eigenvalue weighted by atomic mass is 16.5. The lowest BCUT2D eigenvalue weighted by Gasteiger charge is -2.20. The molecule has 0 aromatic heterocycles. The molecule has 2 atom stereocenters. The van der Waals surface area contributed by atoms with E-state index >= 15 is 0 Å². The van der Waals surface area contributed by atoms with E-state index in [1.54, 1.807) is 6.08 Å². The minimum Gasteiger partial charge on any atom is -0.466 e. The normalized spacial score (nSPS) is 12.6. The summed E-state index contributed by atoms with van der Waals surface area (Å²) in [5, 5.41) is 23.2. The Labute approximate surface area is 438 Å². The van der Waals surface area contributed by atoms with Crippen LogP contribution in [0, 0.1) is 0 Å². The predicted molar refractivity (Wildman–Crippen MR) is 306 cm³/mol. The number of unbranched alkanes of at least 4 members (excludes halogenated alkanes) is 49. The van der Waals surface area contributed by atoms with E-state index in [9.17, 15) is 19.8 Å². The van der Waals surface area contributed by atoms with Crippen molar-refractivity contribution in [3.8, 4) is 0 Å². The maximum atomic E-state index is 12.5. The van der Waals surface area contributed by atoms with Gasteiger partial charge >= 0.3 is 5.97 Å². The second-order valence-electron chi connectivity index (χ2n) is 22.1. The predicted octanol–water partition coefficient (Wildman–Crippen LogP) is 20.0. The summed E-state index contributed by atoms with van der Waals surface area (Å²) in [6.45, 7) is 4.93. The minimum absolute atomic E-state index is 0.00837. The first-order valence-electron chi connectivity index (χ1n) is 32.0. The van der Waals surface area contributed by atoms with Crippen molar-refractivity contribution in [2.24, 2.45) is 0 Å². The number of allylic oxidation sites excluding steroid dienone is 1. The van der Waals surface area contributed by atoms with Crippen molar-refractivity contribution in [3.63, 3.8) is 0 Å². The Balaban J connectivity index is 3.43. The maximum Gasteiger partial charge on any atom is 0.305 e. The molecule has 0 saturated carbocycles. The Morgan fingerprint density at radius 1 is 0.386 bits per heavy atom. The first-order valence-corrected chi connectivity index (χ1v) is 32.0. The fourth-order valence-electron chi connectivity index (χ4n) is 10.2. The van der Waals surface area contributed by atoms with Crippen LogP contribution in [0.4, 0.5) is 0 Å². The third kappa shape index (κ3) is 55.9. The van der Waals surface area contributed by atoms with Crippen LogP contribution in [0.25, 0.3) is 0 Å². The van der Waals surface area contributed by atoms with Gasteiger partial charge in [0, 0.05) is 12.8 Å².